The van der Waals surface area contributed by atoms with Crippen LogP contribution >= 0.6 is 22.9 Å². The molecule has 1 unspecified atom stereocenters. The number of benzene rings is 1. The van der Waals surface area contributed by atoms with Crippen molar-refractivity contribution >= 4 is 28.8 Å². The standard InChI is InChI=1S/C15H16ClNO2S/c16-13-6-2-1-5-12(13)14(18)10-17-15(19)8-7-11-4-3-9-20-11/h1-6,9,14,18H,7-8,10H2,(H,17,19). The topological polar surface area (TPSA) is 49.3 Å². The number of halogens is 1. The van der Waals surface area contributed by atoms with Crippen LogP contribution < -0.4 is 5.32 Å². The molecule has 20 heavy (non-hydrogen) atoms. The summed E-state index contributed by atoms with van der Waals surface area (Å²) in [5.41, 5.74) is 0.632. The summed E-state index contributed by atoms with van der Waals surface area (Å²) < 4.78 is 0. The third-order valence-electron chi connectivity index (χ3n) is 2.94. The molecule has 2 rings (SSSR count). The van der Waals surface area contributed by atoms with E-state index in [0.29, 0.717) is 17.0 Å². The minimum absolute atomic E-state index is 0.0653. The number of hydrogen-bond donors (Lipinski definition) is 2. The van der Waals surface area contributed by atoms with Crippen molar-refractivity contribution in [2.75, 3.05) is 6.54 Å². The maximum absolute atomic E-state index is 11.7. The van der Waals surface area contributed by atoms with Crippen LogP contribution in [0, 0.1) is 0 Å². The monoisotopic (exact) mass is 309 g/mol. The molecule has 5 heteroatoms. The second-order valence-corrected chi connectivity index (χ2v) is 5.86. The first-order chi connectivity index (χ1) is 9.66. The van der Waals surface area contributed by atoms with Gasteiger partial charge in [0, 0.05) is 28.4 Å². The number of thiophene rings is 1. The Morgan fingerprint density at radius 3 is 2.80 bits per heavy atom. The number of aliphatic hydroxyl groups excluding tert-OH is 1. The van der Waals surface area contributed by atoms with Crippen LogP contribution in [0.15, 0.2) is 41.8 Å². The van der Waals surface area contributed by atoms with E-state index in [-0.39, 0.29) is 12.5 Å². The molecule has 2 aromatic rings. The zero-order chi connectivity index (χ0) is 14.4. The van der Waals surface area contributed by atoms with Gasteiger partial charge in [-0.15, -0.1) is 11.3 Å². The lowest BCUT2D eigenvalue weighted by molar-refractivity contribution is -0.121. The van der Waals surface area contributed by atoms with E-state index in [1.165, 1.54) is 4.88 Å². The van der Waals surface area contributed by atoms with E-state index in [0.717, 1.165) is 6.42 Å². The van der Waals surface area contributed by atoms with Crippen LogP contribution in [0.3, 0.4) is 0 Å². The predicted octanol–water partition coefficient (Wildman–Crippen LogP) is 3.18. The molecule has 0 bridgehead atoms. The molecule has 0 spiro atoms. The van der Waals surface area contributed by atoms with E-state index in [2.05, 4.69) is 5.32 Å². The van der Waals surface area contributed by atoms with Crippen LogP contribution in [-0.2, 0) is 11.2 Å². The molecule has 1 aromatic carbocycles. The Balaban J connectivity index is 1.77. The lowest BCUT2D eigenvalue weighted by atomic mass is 10.1. The van der Waals surface area contributed by atoms with E-state index in [1.54, 1.807) is 29.5 Å². The van der Waals surface area contributed by atoms with Gasteiger partial charge < -0.3 is 10.4 Å². The maximum Gasteiger partial charge on any atom is 0.220 e. The van der Waals surface area contributed by atoms with Crippen LogP contribution in [-0.4, -0.2) is 17.6 Å². The summed E-state index contributed by atoms with van der Waals surface area (Å²) in [5.74, 6) is -0.0653. The van der Waals surface area contributed by atoms with Gasteiger partial charge in [0.2, 0.25) is 5.91 Å². The molecule has 1 heterocycles. The second-order valence-electron chi connectivity index (χ2n) is 4.42. The van der Waals surface area contributed by atoms with Crippen molar-refractivity contribution in [3.05, 3.63) is 57.2 Å². The first-order valence-electron chi connectivity index (χ1n) is 6.38. The van der Waals surface area contributed by atoms with E-state index >= 15 is 0 Å². The molecule has 3 nitrogen and oxygen atoms in total. The molecule has 0 aliphatic carbocycles. The summed E-state index contributed by atoms with van der Waals surface area (Å²) in [6.07, 6.45) is 0.371. The van der Waals surface area contributed by atoms with Gasteiger partial charge in [-0.25, -0.2) is 0 Å². The predicted molar refractivity (Wildman–Crippen MR) is 82.1 cm³/mol. The van der Waals surface area contributed by atoms with Crippen LogP contribution in [0.1, 0.15) is 23.0 Å². The largest absolute Gasteiger partial charge is 0.387 e. The average molecular weight is 310 g/mol. The molecule has 2 N–H and O–H groups in total. The van der Waals surface area contributed by atoms with Gasteiger partial charge >= 0.3 is 0 Å². The Hall–Kier alpha value is -1.36. The summed E-state index contributed by atoms with van der Waals surface area (Å²) in [4.78, 5) is 12.9. The second kappa shape index (κ2) is 7.43. The first kappa shape index (κ1) is 15.0. The smallest absolute Gasteiger partial charge is 0.220 e. The average Bonchev–Trinajstić information content (AvgIpc) is 2.96. The van der Waals surface area contributed by atoms with Crippen molar-refractivity contribution in [2.45, 2.75) is 18.9 Å². The third kappa shape index (κ3) is 4.34. The van der Waals surface area contributed by atoms with Crippen molar-refractivity contribution in [3.8, 4) is 0 Å². The minimum Gasteiger partial charge on any atom is -0.387 e. The zero-order valence-electron chi connectivity index (χ0n) is 10.9. The highest BCUT2D eigenvalue weighted by molar-refractivity contribution is 7.09. The SMILES string of the molecule is O=C(CCc1cccs1)NCC(O)c1ccccc1Cl. The number of aryl methyl sites for hydroxylation is 1. The van der Waals surface area contributed by atoms with Gasteiger partial charge in [-0.3, -0.25) is 4.79 Å². The zero-order valence-corrected chi connectivity index (χ0v) is 12.5. The van der Waals surface area contributed by atoms with Gasteiger partial charge in [-0.05, 0) is 23.9 Å². The molecular weight excluding hydrogens is 294 g/mol. The molecule has 106 valence electrons. The van der Waals surface area contributed by atoms with Crippen LogP contribution in [0.5, 0.6) is 0 Å². The van der Waals surface area contributed by atoms with Gasteiger partial charge in [0.25, 0.3) is 0 Å². The van der Waals surface area contributed by atoms with Crippen LogP contribution in [0.4, 0.5) is 0 Å². The lowest BCUT2D eigenvalue weighted by Gasteiger charge is -2.13. The Bertz CT molecular complexity index is 557. The summed E-state index contributed by atoms with van der Waals surface area (Å²) in [5, 5.41) is 15.2. The summed E-state index contributed by atoms with van der Waals surface area (Å²) >= 11 is 7.63. The maximum atomic E-state index is 11.7. The Kier molecular flexibility index (Phi) is 5.59. The summed E-state index contributed by atoms with van der Waals surface area (Å²) in [7, 11) is 0. The van der Waals surface area contributed by atoms with E-state index in [4.69, 9.17) is 11.6 Å². The highest BCUT2D eigenvalue weighted by Gasteiger charge is 2.12. The first-order valence-corrected chi connectivity index (χ1v) is 7.64. The fraction of sp³-hybridized carbons (Fsp3) is 0.267. The molecule has 0 aliphatic heterocycles. The third-order valence-corrected chi connectivity index (χ3v) is 4.22. The number of rotatable bonds is 6. The van der Waals surface area contributed by atoms with Gasteiger partial charge in [-0.1, -0.05) is 35.9 Å². The molecule has 0 fully saturated rings. The minimum atomic E-state index is -0.783. The van der Waals surface area contributed by atoms with Gasteiger partial charge in [0.1, 0.15) is 0 Å². The highest BCUT2D eigenvalue weighted by Crippen LogP contribution is 2.21. The molecule has 0 radical (unpaired) electrons. The Labute approximate surface area is 127 Å². The van der Waals surface area contributed by atoms with E-state index in [9.17, 15) is 9.90 Å². The van der Waals surface area contributed by atoms with Crippen molar-refractivity contribution in [1.82, 2.24) is 5.32 Å². The number of amides is 1. The number of hydrogen-bond acceptors (Lipinski definition) is 3. The van der Waals surface area contributed by atoms with Crippen molar-refractivity contribution in [3.63, 3.8) is 0 Å². The molecule has 1 atom stereocenters. The fourth-order valence-electron chi connectivity index (χ4n) is 1.85. The number of carbonyl (C=O) groups is 1. The summed E-state index contributed by atoms with van der Waals surface area (Å²) in [6, 6.07) is 11.1. The van der Waals surface area contributed by atoms with E-state index in [1.807, 2.05) is 23.6 Å². The number of aliphatic hydroxyl groups is 1. The Morgan fingerprint density at radius 2 is 2.10 bits per heavy atom. The molecule has 1 amide bonds. The molecule has 1 aromatic heterocycles. The number of carbonyl (C=O) groups excluding carboxylic acids is 1. The molecule has 0 saturated heterocycles. The normalized spacial score (nSPS) is 12.1. The molecular formula is C15H16ClNO2S. The van der Waals surface area contributed by atoms with Crippen LogP contribution in [0.25, 0.3) is 0 Å². The van der Waals surface area contributed by atoms with Crippen LogP contribution in [0.2, 0.25) is 5.02 Å². The highest BCUT2D eigenvalue weighted by atomic mass is 35.5. The van der Waals surface area contributed by atoms with Gasteiger partial charge in [0.15, 0.2) is 0 Å². The Morgan fingerprint density at radius 1 is 1.30 bits per heavy atom. The number of nitrogens with one attached hydrogen (secondary N) is 1. The molecule has 0 saturated carbocycles. The van der Waals surface area contributed by atoms with Gasteiger partial charge in [0.05, 0.1) is 6.10 Å². The van der Waals surface area contributed by atoms with Gasteiger partial charge in [-0.2, -0.15) is 0 Å². The van der Waals surface area contributed by atoms with Crippen molar-refractivity contribution in [2.24, 2.45) is 0 Å². The van der Waals surface area contributed by atoms with E-state index < -0.39 is 6.10 Å². The van der Waals surface area contributed by atoms with Crippen molar-refractivity contribution < 1.29 is 9.90 Å². The van der Waals surface area contributed by atoms with Crippen molar-refractivity contribution in [1.29, 1.82) is 0 Å². The fourth-order valence-corrected chi connectivity index (χ4v) is 2.82. The quantitative estimate of drug-likeness (QED) is 0.861. The lowest BCUT2D eigenvalue weighted by Crippen LogP contribution is -2.28. The molecule has 0 aliphatic rings. The summed E-state index contributed by atoms with van der Waals surface area (Å²) in [6.45, 7) is 0.174.